The Hall–Kier alpha value is -1.14. The Morgan fingerprint density at radius 3 is 2.87 bits per heavy atom. The lowest BCUT2D eigenvalue weighted by molar-refractivity contribution is -0.878. The number of quaternary nitrogens is 1. The van der Waals surface area contributed by atoms with Crippen molar-refractivity contribution in [3.05, 3.63) is 44.9 Å². The van der Waals surface area contributed by atoms with Crippen molar-refractivity contribution >= 4 is 45.6 Å². The number of rotatable bonds is 5. The number of carbonyl (C=O) groups excluding carboxylic acids is 1. The zero-order valence-corrected chi connectivity index (χ0v) is 14.9. The van der Waals surface area contributed by atoms with Crippen molar-refractivity contribution < 1.29 is 9.69 Å². The summed E-state index contributed by atoms with van der Waals surface area (Å²) in [5, 5.41) is 4.66. The second kappa shape index (κ2) is 7.62. The summed E-state index contributed by atoms with van der Waals surface area (Å²) in [6.45, 7) is 2.70. The first-order valence-corrected chi connectivity index (χ1v) is 9.20. The molecule has 3 rings (SSSR count). The molecule has 0 saturated carbocycles. The van der Waals surface area contributed by atoms with Gasteiger partial charge < -0.3 is 4.90 Å². The van der Waals surface area contributed by atoms with Gasteiger partial charge in [-0.1, -0.05) is 35.3 Å². The summed E-state index contributed by atoms with van der Waals surface area (Å²) in [4.78, 5) is 18.7. The van der Waals surface area contributed by atoms with Crippen LogP contribution in [0.5, 0.6) is 0 Å². The fraction of sp³-hybridized carbons (Fsp3) is 0.375. The van der Waals surface area contributed by atoms with Crippen molar-refractivity contribution in [1.29, 1.82) is 0 Å². The number of hydrogen-bond donors (Lipinski definition) is 2. The Morgan fingerprint density at radius 1 is 1.30 bits per heavy atom. The first-order valence-electron chi connectivity index (χ1n) is 7.63. The fourth-order valence-corrected chi connectivity index (χ4v) is 4.00. The van der Waals surface area contributed by atoms with Gasteiger partial charge in [-0.2, -0.15) is 0 Å². The van der Waals surface area contributed by atoms with Gasteiger partial charge in [-0.25, -0.2) is 4.98 Å². The van der Waals surface area contributed by atoms with Gasteiger partial charge in [0.2, 0.25) is 0 Å². The van der Waals surface area contributed by atoms with Gasteiger partial charge in [-0.15, -0.1) is 11.3 Å². The number of benzene rings is 1. The topological polar surface area (TPSA) is 46.4 Å². The average molecular weight is 371 g/mol. The van der Waals surface area contributed by atoms with Crippen LogP contribution in [-0.2, 0) is 11.2 Å². The third-order valence-corrected chi connectivity index (χ3v) is 5.69. The standard InChI is InChI=1S/C16H17Cl2N3OS/c17-13-5-3-4-11(15(13)18)8-12-9-19-16(23-12)20-14(22)10-21-6-1-2-7-21/h3-5,9H,1-2,6-8,10H2,(H,19,20,22)/p+1. The van der Waals surface area contributed by atoms with Crippen LogP contribution in [0.2, 0.25) is 10.0 Å². The summed E-state index contributed by atoms with van der Waals surface area (Å²) < 4.78 is 0. The second-order valence-electron chi connectivity index (χ2n) is 5.70. The van der Waals surface area contributed by atoms with Crippen LogP contribution in [0.3, 0.4) is 0 Å². The minimum atomic E-state index is 0.0311. The summed E-state index contributed by atoms with van der Waals surface area (Å²) >= 11 is 13.7. The van der Waals surface area contributed by atoms with Gasteiger partial charge in [0.15, 0.2) is 11.7 Å². The van der Waals surface area contributed by atoms with Gasteiger partial charge >= 0.3 is 0 Å². The first kappa shape index (κ1) is 16.7. The molecular formula is C16H18Cl2N3OS+. The number of thiazole rings is 1. The van der Waals surface area contributed by atoms with Crippen molar-refractivity contribution in [2.24, 2.45) is 0 Å². The van der Waals surface area contributed by atoms with Crippen LogP contribution in [0, 0.1) is 0 Å². The molecule has 0 aliphatic carbocycles. The SMILES string of the molecule is O=C(C[NH+]1CCCC1)Nc1ncc(Cc2cccc(Cl)c2Cl)s1. The molecule has 1 aliphatic rings. The highest BCUT2D eigenvalue weighted by Gasteiger charge is 2.19. The molecule has 1 fully saturated rings. The summed E-state index contributed by atoms with van der Waals surface area (Å²) in [5.41, 5.74) is 0.960. The van der Waals surface area contributed by atoms with Crippen LogP contribution in [0.25, 0.3) is 0 Å². The van der Waals surface area contributed by atoms with E-state index in [0.717, 1.165) is 23.5 Å². The van der Waals surface area contributed by atoms with Crippen molar-refractivity contribution in [3.63, 3.8) is 0 Å². The molecule has 23 heavy (non-hydrogen) atoms. The van der Waals surface area contributed by atoms with Gasteiger partial charge in [-0.3, -0.25) is 10.1 Å². The third kappa shape index (κ3) is 4.44. The highest BCUT2D eigenvalue weighted by atomic mass is 35.5. The molecule has 1 aromatic heterocycles. The summed E-state index contributed by atoms with van der Waals surface area (Å²) in [7, 11) is 0. The van der Waals surface area contributed by atoms with Crippen molar-refractivity contribution in [2.45, 2.75) is 19.3 Å². The molecular weight excluding hydrogens is 353 g/mol. The molecule has 2 N–H and O–H groups in total. The quantitative estimate of drug-likeness (QED) is 0.849. The Bertz CT molecular complexity index is 698. The Kier molecular flexibility index (Phi) is 5.54. The van der Waals surface area contributed by atoms with Crippen LogP contribution in [0.4, 0.5) is 5.13 Å². The summed E-state index contributed by atoms with van der Waals surface area (Å²) in [6.07, 6.45) is 4.86. The van der Waals surface area contributed by atoms with E-state index in [2.05, 4.69) is 10.3 Å². The second-order valence-corrected chi connectivity index (χ2v) is 7.60. The molecule has 122 valence electrons. The number of nitrogens with one attached hydrogen (secondary N) is 2. The molecule has 0 bridgehead atoms. The third-order valence-electron chi connectivity index (χ3n) is 3.92. The minimum absolute atomic E-state index is 0.0311. The van der Waals surface area contributed by atoms with Gasteiger partial charge in [-0.05, 0) is 11.6 Å². The van der Waals surface area contributed by atoms with E-state index in [0.29, 0.717) is 28.1 Å². The largest absolute Gasteiger partial charge is 0.327 e. The number of anilines is 1. The lowest BCUT2D eigenvalue weighted by Gasteiger charge is -2.10. The number of likely N-dealkylation sites (tertiary alicyclic amines) is 1. The predicted octanol–water partition coefficient (Wildman–Crippen LogP) is 2.66. The van der Waals surface area contributed by atoms with E-state index < -0.39 is 0 Å². The molecule has 0 unspecified atom stereocenters. The molecule has 0 atom stereocenters. The minimum Gasteiger partial charge on any atom is -0.327 e. The predicted molar refractivity (Wildman–Crippen MR) is 94.8 cm³/mol. The smallest absolute Gasteiger partial charge is 0.281 e. The molecule has 4 nitrogen and oxygen atoms in total. The maximum Gasteiger partial charge on any atom is 0.281 e. The van der Waals surface area contributed by atoms with Gasteiger partial charge in [0.1, 0.15) is 0 Å². The Labute approximate surface area is 149 Å². The summed E-state index contributed by atoms with van der Waals surface area (Å²) in [6, 6.07) is 5.60. The molecule has 1 aliphatic heterocycles. The Morgan fingerprint density at radius 2 is 2.09 bits per heavy atom. The maximum atomic E-state index is 12.0. The molecule has 0 radical (unpaired) electrons. The van der Waals surface area contributed by atoms with E-state index in [1.54, 1.807) is 12.3 Å². The molecule has 7 heteroatoms. The van der Waals surface area contributed by atoms with E-state index in [1.165, 1.54) is 29.1 Å². The number of amides is 1. The van der Waals surface area contributed by atoms with Crippen LogP contribution in [0.15, 0.2) is 24.4 Å². The lowest BCUT2D eigenvalue weighted by atomic mass is 10.1. The van der Waals surface area contributed by atoms with Crippen molar-refractivity contribution in [2.75, 3.05) is 25.0 Å². The van der Waals surface area contributed by atoms with Gasteiger partial charge in [0, 0.05) is 30.3 Å². The van der Waals surface area contributed by atoms with E-state index >= 15 is 0 Å². The number of nitrogens with zero attached hydrogens (tertiary/aromatic N) is 1. The van der Waals surface area contributed by atoms with Gasteiger partial charge in [0.05, 0.1) is 23.1 Å². The van der Waals surface area contributed by atoms with E-state index in [4.69, 9.17) is 23.2 Å². The van der Waals surface area contributed by atoms with Crippen molar-refractivity contribution in [3.8, 4) is 0 Å². The number of carbonyl (C=O) groups is 1. The van der Waals surface area contributed by atoms with E-state index in [9.17, 15) is 4.79 Å². The molecule has 1 aromatic carbocycles. The highest BCUT2D eigenvalue weighted by Crippen LogP contribution is 2.29. The molecule has 1 amide bonds. The molecule has 2 aromatic rings. The lowest BCUT2D eigenvalue weighted by Crippen LogP contribution is -3.11. The van der Waals surface area contributed by atoms with Crippen LogP contribution >= 0.6 is 34.5 Å². The maximum absolute atomic E-state index is 12.0. The first-order chi connectivity index (χ1) is 11.1. The van der Waals surface area contributed by atoms with Crippen LogP contribution in [0.1, 0.15) is 23.3 Å². The van der Waals surface area contributed by atoms with Gasteiger partial charge in [0.25, 0.3) is 5.91 Å². The normalized spacial score (nSPS) is 15.0. The van der Waals surface area contributed by atoms with E-state index in [1.807, 2.05) is 12.1 Å². The number of aromatic nitrogens is 1. The van der Waals surface area contributed by atoms with E-state index in [-0.39, 0.29) is 5.91 Å². The fourth-order valence-electron chi connectivity index (χ4n) is 2.76. The average Bonchev–Trinajstić information content (AvgIpc) is 3.16. The summed E-state index contributed by atoms with van der Waals surface area (Å²) in [5.74, 6) is 0.0311. The zero-order chi connectivity index (χ0) is 16.2. The number of halogens is 2. The molecule has 1 saturated heterocycles. The van der Waals surface area contributed by atoms with Crippen molar-refractivity contribution in [1.82, 2.24) is 4.98 Å². The molecule has 2 heterocycles. The molecule has 0 spiro atoms. The number of hydrogen-bond acceptors (Lipinski definition) is 3. The zero-order valence-electron chi connectivity index (χ0n) is 12.6. The highest BCUT2D eigenvalue weighted by molar-refractivity contribution is 7.15. The Balaban J connectivity index is 1.59. The van der Waals surface area contributed by atoms with Crippen LogP contribution in [-0.4, -0.2) is 30.5 Å². The van der Waals surface area contributed by atoms with Crippen LogP contribution < -0.4 is 10.2 Å². The monoisotopic (exact) mass is 370 g/mol.